The third-order valence-corrected chi connectivity index (χ3v) is 5.04. The Morgan fingerprint density at radius 2 is 1.80 bits per heavy atom. The number of hydrogen-bond acceptors (Lipinski definition) is 5. The fourth-order valence-electron chi connectivity index (χ4n) is 2.71. The minimum atomic E-state index is -0.0396. The lowest BCUT2D eigenvalue weighted by molar-refractivity contribution is 0.108. The van der Waals surface area contributed by atoms with Crippen LogP contribution in [0.2, 0.25) is 0 Å². The number of fused-ring (bicyclic) bond motifs is 3. The van der Waals surface area contributed by atoms with E-state index < -0.39 is 0 Å². The molecule has 124 valence electrons. The van der Waals surface area contributed by atoms with Crippen LogP contribution in [0, 0.1) is 6.92 Å². The predicted molar refractivity (Wildman–Crippen MR) is 98.4 cm³/mol. The SMILES string of the molecule is COc1ccc(C(=O)Sc2c(C)nc3nc4cccccc4n23)cc1. The summed E-state index contributed by atoms with van der Waals surface area (Å²) in [6, 6.07) is 16.9. The molecule has 0 atom stereocenters. The number of rotatable bonds is 3. The lowest BCUT2D eigenvalue weighted by Gasteiger charge is -2.03. The maximum atomic E-state index is 12.7. The number of methoxy groups -OCH3 is 1. The van der Waals surface area contributed by atoms with Gasteiger partial charge in [0.1, 0.15) is 10.8 Å². The fraction of sp³-hybridized carbons (Fsp3) is 0.105. The first kappa shape index (κ1) is 15.7. The average molecular weight is 349 g/mol. The molecule has 0 saturated carbocycles. The molecule has 0 radical (unpaired) electrons. The van der Waals surface area contributed by atoms with Gasteiger partial charge in [0, 0.05) is 5.56 Å². The van der Waals surface area contributed by atoms with Gasteiger partial charge in [0.25, 0.3) is 0 Å². The Labute approximate surface area is 148 Å². The second-order valence-electron chi connectivity index (χ2n) is 5.55. The molecule has 0 unspecified atom stereocenters. The highest BCUT2D eigenvalue weighted by atomic mass is 32.2. The molecule has 0 amide bonds. The molecule has 0 bridgehead atoms. The van der Waals surface area contributed by atoms with E-state index in [2.05, 4.69) is 9.97 Å². The summed E-state index contributed by atoms with van der Waals surface area (Å²) >= 11 is 1.17. The van der Waals surface area contributed by atoms with Crippen LogP contribution in [0.1, 0.15) is 16.1 Å². The van der Waals surface area contributed by atoms with Crippen LogP contribution in [0.3, 0.4) is 0 Å². The van der Waals surface area contributed by atoms with E-state index >= 15 is 0 Å². The van der Waals surface area contributed by atoms with Crippen molar-refractivity contribution in [2.24, 2.45) is 0 Å². The van der Waals surface area contributed by atoms with E-state index in [4.69, 9.17) is 4.74 Å². The topological polar surface area (TPSA) is 56.5 Å². The monoisotopic (exact) mass is 349 g/mol. The van der Waals surface area contributed by atoms with Gasteiger partial charge in [-0.15, -0.1) is 0 Å². The van der Waals surface area contributed by atoms with Gasteiger partial charge in [-0.05, 0) is 55.1 Å². The predicted octanol–water partition coefficient (Wildman–Crippen LogP) is 4.13. The lowest BCUT2D eigenvalue weighted by Crippen LogP contribution is -1.96. The van der Waals surface area contributed by atoms with Crippen molar-refractivity contribution >= 4 is 33.7 Å². The Bertz CT molecular complexity index is 1090. The highest BCUT2D eigenvalue weighted by molar-refractivity contribution is 8.14. The second-order valence-corrected chi connectivity index (χ2v) is 6.51. The third-order valence-electron chi connectivity index (χ3n) is 3.95. The first-order chi connectivity index (χ1) is 12.2. The summed E-state index contributed by atoms with van der Waals surface area (Å²) in [5.41, 5.74) is 3.20. The van der Waals surface area contributed by atoms with E-state index in [0.717, 1.165) is 27.5 Å². The molecule has 4 aromatic rings. The number of hydrogen-bond donors (Lipinski definition) is 0. The van der Waals surface area contributed by atoms with E-state index in [0.29, 0.717) is 11.3 Å². The van der Waals surface area contributed by atoms with Crippen molar-refractivity contribution in [3.8, 4) is 5.75 Å². The van der Waals surface area contributed by atoms with Gasteiger partial charge in [-0.2, -0.15) is 0 Å². The first-order valence-electron chi connectivity index (χ1n) is 7.77. The molecule has 2 aromatic heterocycles. The number of nitrogens with zero attached hydrogens (tertiary/aromatic N) is 3. The van der Waals surface area contributed by atoms with Crippen molar-refractivity contribution in [3.05, 3.63) is 65.9 Å². The summed E-state index contributed by atoms with van der Waals surface area (Å²) in [7, 11) is 1.60. The van der Waals surface area contributed by atoms with Gasteiger partial charge in [0.05, 0.1) is 23.8 Å². The standard InChI is InChI=1S/C19H15N3O2S/c1-12-17(25-18(23)13-8-10-14(24-2)11-9-13)22-16-7-5-3-4-6-15(16)21-19(22)20-12/h3-11H,1-2H3. The van der Waals surface area contributed by atoms with Gasteiger partial charge < -0.3 is 4.74 Å². The zero-order valence-electron chi connectivity index (χ0n) is 13.8. The molecule has 0 N–H and O–H groups in total. The molecule has 0 aliphatic carbocycles. The van der Waals surface area contributed by atoms with E-state index in [1.807, 2.05) is 41.7 Å². The van der Waals surface area contributed by atoms with E-state index in [1.165, 1.54) is 11.8 Å². The second kappa shape index (κ2) is 6.22. The van der Waals surface area contributed by atoms with E-state index in [9.17, 15) is 4.79 Å². The normalized spacial score (nSPS) is 11.1. The molecule has 5 nitrogen and oxygen atoms in total. The van der Waals surface area contributed by atoms with Crippen LogP contribution in [0.15, 0.2) is 59.6 Å². The highest BCUT2D eigenvalue weighted by Crippen LogP contribution is 2.30. The van der Waals surface area contributed by atoms with Crippen molar-refractivity contribution < 1.29 is 9.53 Å². The van der Waals surface area contributed by atoms with Crippen LogP contribution >= 0.6 is 11.8 Å². The van der Waals surface area contributed by atoms with Gasteiger partial charge in [0.15, 0.2) is 0 Å². The van der Waals surface area contributed by atoms with E-state index in [-0.39, 0.29) is 5.12 Å². The largest absolute Gasteiger partial charge is 0.497 e. The molecular formula is C19H15N3O2S. The molecule has 0 aliphatic heterocycles. The summed E-state index contributed by atoms with van der Waals surface area (Å²) in [6.07, 6.45) is 0. The molecule has 2 heterocycles. The van der Waals surface area contributed by atoms with Crippen LogP contribution in [-0.2, 0) is 0 Å². The van der Waals surface area contributed by atoms with Crippen LogP contribution in [0.4, 0.5) is 0 Å². The number of ether oxygens (including phenoxy) is 1. The maximum absolute atomic E-state index is 12.7. The third kappa shape index (κ3) is 2.74. The highest BCUT2D eigenvalue weighted by Gasteiger charge is 2.18. The quantitative estimate of drug-likeness (QED) is 0.521. The number of benzene rings is 1. The number of thioether (sulfide) groups is 1. The number of aryl methyl sites for hydroxylation is 1. The van der Waals surface area contributed by atoms with Crippen LogP contribution < -0.4 is 4.74 Å². The van der Waals surface area contributed by atoms with Gasteiger partial charge in [0.2, 0.25) is 10.9 Å². The van der Waals surface area contributed by atoms with Crippen LogP contribution in [0.25, 0.3) is 16.8 Å². The van der Waals surface area contributed by atoms with Gasteiger partial charge in [-0.1, -0.05) is 18.2 Å². The van der Waals surface area contributed by atoms with Crippen molar-refractivity contribution in [1.82, 2.24) is 14.4 Å². The Morgan fingerprint density at radius 1 is 1.04 bits per heavy atom. The summed E-state index contributed by atoms with van der Waals surface area (Å²) in [6.45, 7) is 1.90. The molecule has 0 saturated heterocycles. The molecule has 0 spiro atoms. The number of carbonyl (C=O) groups is 1. The Kier molecular flexibility index (Phi) is 3.89. The molecule has 0 aliphatic rings. The fourth-order valence-corrected chi connectivity index (χ4v) is 3.60. The Morgan fingerprint density at radius 3 is 2.56 bits per heavy atom. The summed E-state index contributed by atoms with van der Waals surface area (Å²) in [5.74, 6) is 1.34. The molecule has 4 rings (SSSR count). The molecule has 0 fully saturated rings. The van der Waals surface area contributed by atoms with Crippen molar-refractivity contribution in [1.29, 1.82) is 0 Å². The molecule has 25 heavy (non-hydrogen) atoms. The summed E-state index contributed by atoms with van der Waals surface area (Å²) in [5, 5.41) is 0.756. The summed E-state index contributed by atoms with van der Waals surface area (Å²) in [4.78, 5) is 21.7. The Balaban J connectivity index is 1.78. The van der Waals surface area contributed by atoms with Gasteiger partial charge >= 0.3 is 0 Å². The Hall–Kier alpha value is -2.86. The average Bonchev–Trinajstić information content (AvgIpc) is 2.99. The van der Waals surface area contributed by atoms with Gasteiger partial charge in [-0.3, -0.25) is 9.20 Å². The minimum absolute atomic E-state index is 0.0396. The molecule has 2 aromatic carbocycles. The van der Waals surface area contributed by atoms with Crippen molar-refractivity contribution in [2.75, 3.05) is 7.11 Å². The first-order valence-corrected chi connectivity index (χ1v) is 8.59. The summed E-state index contributed by atoms with van der Waals surface area (Å²) < 4.78 is 7.08. The number of imidazole rings is 2. The molecule has 6 heteroatoms. The molecular weight excluding hydrogens is 334 g/mol. The zero-order valence-corrected chi connectivity index (χ0v) is 14.6. The number of aromatic nitrogens is 3. The number of carbonyl (C=O) groups excluding carboxylic acids is 1. The lowest BCUT2D eigenvalue weighted by atomic mass is 10.2. The zero-order chi connectivity index (χ0) is 17.4. The van der Waals surface area contributed by atoms with Crippen molar-refractivity contribution in [2.45, 2.75) is 11.9 Å². The van der Waals surface area contributed by atoms with Crippen LogP contribution in [-0.4, -0.2) is 26.6 Å². The van der Waals surface area contributed by atoms with Crippen molar-refractivity contribution in [3.63, 3.8) is 0 Å². The smallest absolute Gasteiger partial charge is 0.236 e. The van der Waals surface area contributed by atoms with Crippen LogP contribution in [0.5, 0.6) is 5.75 Å². The van der Waals surface area contributed by atoms with Gasteiger partial charge in [-0.25, -0.2) is 9.97 Å². The van der Waals surface area contributed by atoms with E-state index in [1.54, 1.807) is 31.4 Å². The maximum Gasteiger partial charge on any atom is 0.236 e. The minimum Gasteiger partial charge on any atom is -0.497 e.